The van der Waals surface area contributed by atoms with Crippen LogP contribution in [0.5, 0.6) is 0 Å². The minimum Gasteiger partial charge on any atom is -0.352 e. The van der Waals surface area contributed by atoms with Gasteiger partial charge in [0.25, 0.3) is 5.91 Å². The zero-order valence-electron chi connectivity index (χ0n) is 15.7. The molecule has 3 aromatic rings. The van der Waals surface area contributed by atoms with Gasteiger partial charge in [-0.05, 0) is 49.2 Å². The topological polar surface area (TPSA) is 81.1 Å². The van der Waals surface area contributed by atoms with Crippen molar-refractivity contribution in [2.24, 2.45) is 0 Å². The fraction of sp³-hybridized carbons (Fsp3) is 0.238. The van der Waals surface area contributed by atoms with Gasteiger partial charge in [-0.15, -0.1) is 0 Å². The van der Waals surface area contributed by atoms with E-state index < -0.39 is 9.84 Å². The molecule has 2 aromatic carbocycles. The van der Waals surface area contributed by atoms with E-state index in [1.807, 2.05) is 23.9 Å². The average Bonchev–Trinajstić information content (AvgIpc) is 3.19. The van der Waals surface area contributed by atoms with E-state index >= 15 is 0 Å². The maximum Gasteiger partial charge on any atom is 0.251 e. The molecule has 0 unspecified atom stereocenters. The number of aryl methyl sites for hydroxylation is 2. The van der Waals surface area contributed by atoms with Crippen molar-refractivity contribution >= 4 is 15.7 Å². The van der Waals surface area contributed by atoms with Crippen LogP contribution < -0.4 is 5.32 Å². The van der Waals surface area contributed by atoms with Crippen molar-refractivity contribution in [3.05, 3.63) is 83.7 Å². The van der Waals surface area contributed by atoms with Gasteiger partial charge in [-0.25, -0.2) is 8.42 Å². The lowest BCUT2D eigenvalue weighted by atomic mass is 10.1. The predicted octanol–water partition coefficient (Wildman–Crippen LogP) is 2.99. The number of hydrogen-bond acceptors (Lipinski definition) is 4. The Morgan fingerprint density at radius 1 is 1.07 bits per heavy atom. The molecule has 0 fully saturated rings. The molecule has 146 valence electrons. The van der Waals surface area contributed by atoms with Gasteiger partial charge in [-0.2, -0.15) is 5.10 Å². The molecule has 0 aliphatic rings. The summed E-state index contributed by atoms with van der Waals surface area (Å²) in [6, 6.07) is 15.4. The van der Waals surface area contributed by atoms with Gasteiger partial charge in [-0.3, -0.25) is 9.48 Å². The second-order valence-corrected chi connectivity index (χ2v) is 8.64. The SMILES string of the molecule is Cc1ccc(S(=O)(=O)Cc2ccc(C(=O)NCCCn3cccn3)cc2)cc1. The summed E-state index contributed by atoms with van der Waals surface area (Å²) in [6.45, 7) is 3.20. The normalized spacial score (nSPS) is 11.3. The molecule has 0 aliphatic heterocycles. The molecule has 0 aliphatic carbocycles. The van der Waals surface area contributed by atoms with Crippen LogP contribution in [0.1, 0.15) is 27.9 Å². The first-order valence-corrected chi connectivity index (χ1v) is 10.7. The van der Waals surface area contributed by atoms with Crippen LogP contribution in [0.2, 0.25) is 0 Å². The van der Waals surface area contributed by atoms with Gasteiger partial charge in [-0.1, -0.05) is 29.8 Å². The second kappa shape index (κ2) is 8.84. The van der Waals surface area contributed by atoms with E-state index in [-0.39, 0.29) is 11.7 Å². The molecule has 0 atom stereocenters. The highest BCUT2D eigenvalue weighted by molar-refractivity contribution is 7.90. The van der Waals surface area contributed by atoms with E-state index in [0.29, 0.717) is 22.6 Å². The number of hydrogen-bond donors (Lipinski definition) is 1. The van der Waals surface area contributed by atoms with Gasteiger partial charge in [0.2, 0.25) is 0 Å². The largest absolute Gasteiger partial charge is 0.352 e. The number of rotatable bonds is 8. The molecule has 3 rings (SSSR count). The quantitative estimate of drug-likeness (QED) is 0.593. The summed E-state index contributed by atoms with van der Waals surface area (Å²) >= 11 is 0. The monoisotopic (exact) mass is 397 g/mol. The Bertz CT molecular complexity index is 1010. The van der Waals surface area contributed by atoms with E-state index in [1.54, 1.807) is 54.7 Å². The zero-order valence-corrected chi connectivity index (χ0v) is 16.5. The van der Waals surface area contributed by atoms with Crippen molar-refractivity contribution < 1.29 is 13.2 Å². The Morgan fingerprint density at radius 2 is 1.79 bits per heavy atom. The highest BCUT2D eigenvalue weighted by Gasteiger charge is 2.15. The van der Waals surface area contributed by atoms with E-state index in [1.165, 1.54) is 0 Å². The highest BCUT2D eigenvalue weighted by Crippen LogP contribution is 2.17. The molecular formula is C21H23N3O3S. The van der Waals surface area contributed by atoms with Crippen molar-refractivity contribution in [3.8, 4) is 0 Å². The van der Waals surface area contributed by atoms with Crippen molar-refractivity contribution in [2.45, 2.75) is 30.5 Å². The van der Waals surface area contributed by atoms with Crippen LogP contribution in [-0.4, -0.2) is 30.7 Å². The smallest absolute Gasteiger partial charge is 0.251 e. The first-order chi connectivity index (χ1) is 13.4. The number of amides is 1. The Balaban J connectivity index is 1.53. The summed E-state index contributed by atoms with van der Waals surface area (Å²) in [5, 5.41) is 6.97. The lowest BCUT2D eigenvalue weighted by molar-refractivity contribution is 0.0952. The molecule has 0 radical (unpaired) electrons. The standard InChI is InChI=1S/C21H23N3O3S/c1-17-4-10-20(11-5-17)28(26,27)16-18-6-8-19(9-7-18)21(25)22-12-2-14-24-15-3-13-23-24/h3-11,13,15H,2,12,14,16H2,1H3,(H,22,25). The minimum absolute atomic E-state index is 0.0954. The van der Waals surface area contributed by atoms with Crippen LogP contribution in [0, 0.1) is 6.92 Å². The van der Waals surface area contributed by atoms with Crippen LogP contribution in [0.25, 0.3) is 0 Å². The third kappa shape index (κ3) is 5.29. The Hall–Kier alpha value is -2.93. The molecule has 0 saturated heterocycles. The zero-order chi connectivity index (χ0) is 20.0. The summed E-state index contributed by atoms with van der Waals surface area (Å²) < 4.78 is 26.8. The van der Waals surface area contributed by atoms with E-state index in [4.69, 9.17) is 0 Å². The number of benzene rings is 2. The number of nitrogens with one attached hydrogen (secondary N) is 1. The van der Waals surface area contributed by atoms with Crippen LogP contribution in [0.4, 0.5) is 0 Å². The van der Waals surface area contributed by atoms with Crippen molar-refractivity contribution in [1.82, 2.24) is 15.1 Å². The van der Waals surface area contributed by atoms with Crippen molar-refractivity contribution in [3.63, 3.8) is 0 Å². The van der Waals surface area contributed by atoms with Gasteiger partial charge < -0.3 is 5.32 Å². The molecule has 6 nitrogen and oxygen atoms in total. The lowest BCUT2D eigenvalue weighted by Gasteiger charge is -2.08. The summed E-state index contributed by atoms with van der Waals surface area (Å²) in [5.74, 6) is -0.268. The first-order valence-electron chi connectivity index (χ1n) is 9.08. The molecule has 7 heteroatoms. The third-order valence-electron chi connectivity index (χ3n) is 4.36. The fourth-order valence-electron chi connectivity index (χ4n) is 2.78. The van der Waals surface area contributed by atoms with E-state index in [2.05, 4.69) is 10.4 Å². The summed E-state index contributed by atoms with van der Waals surface area (Å²) in [7, 11) is -3.41. The van der Waals surface area contributed by atoms with E-state index in [9.17, 15) is 13.2 Å². The molecule has 0 saturated carbocycles. The number of nitrogens with zero attached hydrogens (tertiary/aromatic N) is 2. The van der Waals surface area contributed by atoms with Crippen molar-refractivity contribution in [2.75, 3.05) is 6.54 Å². The number of carbonyl (C=O) groups excluding carboxylic acids is 1. The molecule has 1 N–H and O–H groups in total. The molecule has 0 spiro atoms. The molecule has 1 heterocycles. The van der Waals surface area contributed by atoms with Gasteiger partial charge in [0.1, 0.15) is 0 Å². The van der Waals surface area contributed by atoms with Gasteiger partial charge in [0.05, 0.1) is 10.6 Å². The fourth-order valence-corrected chi connectivity index (χ4v) is 4.13. The summed E-state index contributed by atoms with van der Waals surface area (Å²) in [6.07, 6.45) is 4.38. The Kier molecular flexibility index (Phi) is 6.26. The third-order valence-corrected chi connectivity index (χ3v) is 6.07. The van der Waals surface area contributed by atoms with Gasteiger partial charge in [0, 0.05) is 31.0 Å². The maximum atomic E-state index is 12.5. The number of aromatic nitrogens is 2. The van der Waals surface area contributed by atoms with Crippen LogP contribution in [-0.2, 0) is 22.1 Å². The minimum atomic E-state index is -3.41. The molecule has 1 amide bonds. The number of sulfone groups is 1. The molecule has 28 heavy (non-hydrogen) atoms. The van der Waals surface area contributed by atoms with Crippen LogP contribution in [0.3, 0.4) is 0 Å². The maximum absolute atomic E-state index is 12.5. The Morgan fingerprint density at radius 3 is 2.43 bits per heavy atom. The van der Waals surface area contributed by atoms with Gasteiger partial charge in [0.15, 0.2) is 9.84 Å². The van der Waals surface area contributed by atoms with Crippen LogP contribution >= 0.6 is 0 Å². The van der Waals surface area contributed by atoms with E-state index in [0.717, 1.165) is 18.5 Å². The average molecular weight is 398 g/mol. The van der Waals surface area contributed by atoms with Crippen LogP contribution in [0.15, 0.2) is 71.9 Å². The predicted molar refractivity (Wildman–Crippen MR) is 108 cm³/mol. The Labute approximate surface area is 165 Å². The summed E-state index contributed by atoms with van der Waals surface area (Å²) in [4.78, 5) is 12.5. The highest BCUT2D eigenvalue weighted by atomic mass is 32.2. The van der Waals surface area contributed by atoms with Crippen molar-refractivity contribution in [1.29, 1.82) is 0 Å². The first kappa shape index (κ1) is 19.8. The number of carbonyl (C=O) groups is 1. The molecular weight excluding hydrogens is 374 g/mol. The lowest BCUT2D eigenvalue weighted by Crippen LogP contribution is -2.25. The summed E-state index contributed by atoms with van der Waals surface area (Å²) in [5.41, 5.74) is 2.17. The molecule has 0 bridgehead atoms. The van der Waals surface area contributed by atoms with Gasteiger partial charge >= 0.3 is 0 Å². The molecule has 1 aromatic heterocycles. The second-order valence-electron chi connectivity index (χ2n) is 6.65.